The maximum atomic E-state index is 10.2. The monoisotopic (exact) mass is 530 g/mol. The second kappa shape index (κ2) is 8.04. The van der Waals surface area contributed by atoms with E-state index < -0.39 is 0 Å². The Hall–Kier alpha value is -2.38. The highest BCUT2D eigenvalue weighted by Gasteiger charge is 2.15. The Labute approximate surface area is 193 Å². The van der Waals surface area contributed by atoms with Crippen molar-refractivity contribution in [2.45, 2.75) is 26.2 Å². The Morgan fingerprint density at radius 3 is 2.50 bits per heavy atom. The van der Waals surface area contributed by atoms with Gasteiger partial charge in [-0.3, -0.25) is 4.99 Å². The van der Waals surface area contributed by atoms with Crippen LogP contribution in [0.3, 0.4) is 0 Å². The van der Waals surface area contributed by atoms with Gasteiger partial charge in [0.15, 0.2) is 5.58 Å². The van der Waals surface area contributed by atoms with Crippen LogP contribution in [0, 0.1) is 3.57 Å². The van der Waals surface area contributed by atoms with Crippen molar-refractivity contribution in [2.24, 2.45) is 4.99 Å². The van der Waals surface area contributed by atoms with Crippen LogP contribution < -0.4 is 0 Å². The molecule has 0 saturated carbocycles. The summed E-state index contributed by atoms with van der Waals surface area (Å²) in [7, 11) is 0. The number of oxazole rings is 1. The summed E-state index contributed by atoms with van der Waals surface area (Å²) in [4.78, 5) is 9.05. The third kappa shape index (κ3) is 4.37. The van der Waals surface area contributed by atoms with Gasteiger partial charge in [0.05, 0.1) is 9.26 Å². The summed E-state index contributed by atoms with van der Waals surface area (Å²) in [5, 5.41) is 10.7. The first-order valence-corrected chi connectivity index (χ1v) is 10.9. The van der Waals surface area contributed by atoms with Gasteiger partial charge in [-0.05, 0) is 70.0 Å². The van der Waals surface area contributed by atoms with Crippen LogP contribution in [0.15, 0.2) is 64.0 Å². The van der Waals surface area contributed by atoms with Crippen LogP contribution in [0.5, 0.6) is 5.75 Å². The van der Waals surface area contributed by atoms with Gasteiger partial charge in [-0.15, -0.1) is 0 Å². The van der Waals surface area contributed by atoms with E-state index in [1.807, 2.05) is 52.9 Å². The summed E-state index contributed by atoms with van der Waals surface area (Å²) in [6.45, 7) is 6.56. The molecule has 4 aromatic rings. The average molecular weight is 531 g/mol. The number of rotatable bonds is 3. The van der Waals surface area contributed by atoms with Gasteiger partial charge in [0, 0.05) is 28.4 Å². The smallest absolute Gasteiger partial charge is 0.227 e. The van der Waals surface area contributed by atoms with Crippen molar-refractivity contribution >= 4 is 57.2 Å². The summed E-state index contributed by atoms with van der Waals surface area (Å²) in [6, 6.07) is 17.2. The molecule has 4 rings (SSSR count). The van der Waals surface area contributed by atoms with Crippen molar-refractivity contribution in [1.82, 2.24) is 4.98 Å². The van der Waals surface area contributed by atoms with E-state index in [9.17, 15) is 5.11 Å². The number of fused-ring (bicyclic) bond motifs is 1. The predicted molar refractivity (Wildman–Crippen MR) is 131 cm³/mol. The summed E-state index contributed by atoms with van der Waals surface area (Å²) in [5.74, 6) is 0.735. The zero-order valence-electron chi connectivity index (χ0n) is 16.8. The van der Waals surface area contributed by atoms with Gasteiger partial charge in [-0.2, -0.15) is 0 Å². The standard InChI is InChI=1S/C24H20ClIN2O2/c1-24(2,3)16-6-4-14(5-7-16)23-28-20-9-8-18(12-21(20)30-23)27-13-15-10-17(25)11-19(26)22(15)29/h4-13,29H,1-3H3. The van der Waals surface area contributed by atoms with Gasteiger partial charge in [0.1, 0.15) is 11.3 Å². The second-order valence-electron chi connectivity index (χ2n) is 8.08. The zero-order chi connectivity index (χ0) is 21.5. The zero-order valence-corrected chi connectivity index (χ0v) is 19.7. The molecule has 1 N–H and O–H groups in total. The molecule has 0 unspecified atom stereocenters. The van der Waals surface area contributed by atoms with E-state index in [4.69, 9.17) is 16.0 Å². The number of aromatic hydroxyl groups is 1. The SMILES string of the molecule is CC(C)(C)c1ccc(-c2nc3ccc(N=Cc4cc(Cl)cc(I)c4O)cc3o2)cc1. The lowest BCUT2D eigenvalue weighted by atomic mass is 9.87. The van der Waals surface area contributed by atoms with E-state index in [-0.39, 0.29) is 11.2 Å². The fraction of sp³-hybridized carbons (Fsp3) is 0.167. The number of hydrogen-bond acceptors (Lipinski definition) is 4. The molecule has 1 aromatic heterocycles. The Morgan fingerprint density at radius 2 is 1.80 bits per heavy atom. The van der Waals surface area contributed by atoms with E-state index in [1.165, 1.54) is 5.56 Å². The van der Waals surface area contributed by atoms with Gasteiger partial charge >= 0.3 is 0 Å². The summed E-state index contributed by atoms with van der Waals surface area (Å²) in [5.41, 5.74) is 4.98. The molecule has 4 nitrogen and oxygen atoms in total. The number of aliphatic imine (C=N–C) groups is 1. The van der Waals surface area contributed by atoms with Gasteiger partial charge < -0.3 is 9.52 Å². The third-order valence-corrected chi connectivity index (χ3v) is 5.82. The van der Waals surface area contributed by atoms with Gasteiger partial charge in [-0.25, -0.2) is 4.98 Å². The molecule has 0 fully saturated rings. The van der Waals surface area contributed by atoms with Crippen LogP contribution >= 0.6 is 34.2 Å². The number of nitrogens with zero attached hydrogens (tertiary/aromatic N) is 2. The van der Waals surface area contributed by atoms with Crippen LogP contribution in [0.25, 0.3) is 22.6 Å². The molecule has 0 aliphatic heterocycles. The first kappa shape index (κ1) is 20.9. The van der Waals surface area contributed by atoms with Crippen molar-refractivity contribution in [3.8, 4) is 17.2 Å². The minimum atomic E-state index is 0.0994. The highest BCUT2D eigenvalue weighted by Crippen LogP contribution is 2.31. The van der Waals surface area contributed by atoms with E-state index in [2.05, 4.69) is 42.9 Å². The molecule has 0 amide bonds. The quantitative estimate of drug-likeness (QED) is 0.220. The lowest BCUT2D eigenvalue weighted by molar-refractivity contribution is 0.470. The summed E-state index contributed by atoms with van der Waals surface area (Å²) < 4.78 is 6.65. The topological polar surface area (TPSA) is 58.6 Å². The van der Waals surface area contributed by atoms with Gasteiger partial charge in [0.25, 0.3) is 0 Å². The molecule has 152 valence electrons. The molecule has 0 saturated heterocycles. The maximum Gasteiger partial charge on any atom is 0.227 e. The van der Waals surface area contributed by atoms with Crippen LogP contribution in [0.1, 0.15) is 31.9 Å². The molecule has 3 aromatic carbocycles. The molecule has 30 heavy (non-hydrogen) atoms. The Kier molecular flexibility index (Phi) is 5.59. The van der Waals surface area contributed by atoms with Crippen molar-refractivity contribution in [2.75, 3.05) is 0 Å². The van der Waals surface area contributed by atoms with Crippen LogP contribution in [0.4, 0.5) is 5.69 Å². The van der Waals surface area contributed by atoms with Crippen LogP contribution in [0.2, 0.25) is 5.02 Å². The first-order chi connectivity index (χ1) is 14.2. The Bertz CT molecular complexity index is 1250. The highest BCUT2D eigenvalue weighted by molar-refractivity contribution is 14.1. The predicted octanol–water partition coefficient (Wildman–Crippen LogP) is 7.51. The second-order valence-corrected chi connectivity index (χ2v) is 9.68. The number of benzene rings is 3. The van der Waals surface area contributed by atoms with Crippen molar-refractivity contribution in [1.29, 1.82) is 0 Å². The van der Waals surface area contributed by atoms with Crippen LogP contribution in [-0.4, -0.2) is 16.3 Å². The van der Waals surface area contributed by atoms with Gasteiger partial charge in [-0.1, -0.05) is 44.5 Å². The Balaban J connectivity index is 1.63. The number of phenolic OH excluding ortho intramolecular Hbond substituents is 1. The summed E-state index contributed by atoms with van der Waals surface area (Å²) in [6.07, 6.45) is 1.59. The summed E-state index contributed by atoms with van der Waals surface area (Å²) >= 11 is 8.11. The van der Waals surface area contributed by atoms with E-state index >= 15 is 0 Å². The third-order valence-electron chi connectivity index (χ3n) is 4.78. The average Bonchev–Trinajstić information content (AvgIpc) is 3.12. The fourth-order valence-electron chi connectivity index (χ4n) is 3.06. The lowest BCUT2D eigenvalue weighted by Gasteiger charge is -2.18. The van der Waals surface area contributed by atoms with Crippen molar-refractivity contribution < 1.29 is 9.52 Å². The molecular formula is C24H20ClIN2O2. The van der Waals surface area contributed by atoms with E-state index in [0.717, 1.165) is 11.1 Å². The molecule has 0 bridgehead atoms. The molecule has 1 heterocycles. The molecule has 0 spiro atoms. The number of halogens is 2. The molecule has 0 atom stereocenters. The van der Waals surface area contributed by atoms with Crippen molar-refractivity contribution in [3.63, 3.8) is 0 Å². The number of hydrogen-bond donors (Lipinski definition) is 1. The minimum Gasteiger partial charge on any atom is -0.506 e. The largest absolute Gasteiger partial charge is 0.506 e. The molecular weight excluding hydrogens is 511 g/mol. The normalized spacial score (nSPS) is 12.2. The highest BCUT2D eigenvalue weighted by atomic mass is 127. The fourth-order valence-corrected chi connectivity index (χ4v) is 4.12. The van der Waals surface area contributed by atoms with E-state index in [0.29, 0.717) is 31.3 Å². The first-order valence-electron chi connectivity index (χ1n) is 9.44. The lowest BCUT2D eigenvalue weighted by Crippen LogP contribution is -2.10. The minimum absolute atomic E-state index is 0.0994. The molecule has 6 heteroatoms. The number of aromatic nitrogens is 1. The Morgan fingerprint density at radius 1 is 1.07 bits per heavy atom. The molecule has 0 aliphatic carbocycles. The number of phenols is 1. The van der Waals surface area contributed by atoms with E-state index in [1.54, 1.807) is 18.3 Å². The van der Waals surface area contributed by atoms with Gasteiger partial charge in [0.2, 0.25) is 5.89 Å². The molecule has 0 aliphatic rings. The van der Waals surface area contributed by atoms with Crippen LogP contribution in [-0.2, 0) is 5.41 Å². The molecule has 0 radical (unpaired) electrons. The maximum absolute atomic E-state index is 10.2. The van der Waals surface area contributed by atoms with Crippen molar-refractivity contribution in [3.05, 3.63) is 74.3 Å².